The van der Waals surface area contributed by atoms with Gasteiger partial charge in [-0.1, -0.05) is 13.3 Å². The summed E-state index contributed by atoms with van der Waals surface area (Å²) in [5.74, 6) is 0.754. The molecule has 3 fully saturated rings. The first-order valence-corrected chi connectivity index (χ1v) is 10.4. The quantitative estimate of drug-likeness (QED) is 0.555. The zero-order valence-corrected chi connectivity index (χ0v) is 16.0. The summed E-state index contributed by atoms with van der Waals surface area (Å²) >= 11 is 0. The van der Waals surface area contributed by atoms with Gasteiger partial charge in [0.2, 0.25) is 0 Å². The van der Waals surface area contributed by atoms with E-state index in [-0.39, 0.29) is 22.6 Å². The normalized spacial score (nSPS) is 25.1. The van der Waals surface area contributed by atoms with Crippen molar-refractivity contribution in [2.45, 2.75) is 82.8 Å². The molecule has 0 heterocycles. The maximum absolute atomic E-state index is 13.3. The van der Waals surface area contributed by atoms with Crippen LogP contribution in [0, 0.1) is 16.0 Å². The summed E-state index contributed by atoms with van der Waals surface area (Å²) in [5.41, 5.74) is 0.992. The van der Waals surface area contributed by atoms with Crippen molar-refractivity contribution < 1.29 is 9.72 Å². The summed E-state index contributed by atoms with van der Waals surface area (Å²) in [6.07, 6.45) is 9.91. The molecule has 3 aliphatic carbocycles. The minimum atomic E-state index is -0.380. The molecule has 1 amide bonds. The van der Waals surface area contributed by atoms with Gasteiger partial charge in [0.25, 0.3) is 11.6 Å². The van der Waals surface area contributed by atoms with Gasteiger partial charge in [0.05, 0.1) is 4.92 Å². The average molecular weight is 371 g/mol. The number of amides is 1. The van der Waals surface area contributed by atoms with Crippen LogP contribution in [0.3, 0.4) is 0 Å². The number of benzene rings is 1. The van der Waals surface area contributed by atoms with E-state index in [1.165, 1.54) is 25.3 Å². The Morgan fingerprint density at radius 3 is 2.26 bits per heavy atom. The fourth-order valence-corrected chi connectivity index (χ4v) is 4.35. The number of carbonyl (C=O) groups is 1. The second kappa shape index (κ2) is 7.49. The van der Waals surface area contributed by atoms with Crippen LogP contribution in [0.15, 0.2) is 18.2 Å². The van der Waals surface area contributed by atoms with Crippen molar-refractivity contribution in [2.24, 2.45) is 5.92 Å². The monoisotopic (exact) mass is 371 g/mol. The lowest BCUT2D eigenvalue weighted by Gasteiger charge is -2.37. The second-order valence-corrected chi connectivity index (χ2v) is 8.43. The Hall–Kier alpha value is -2.11. The highest BCUT2D eigenvalue weighted by molar-refractivity contribution is 5.96. The predicted molar refractivity (Wildman–Crippen MR) is 105 cm³/mol. The van der Waals surface area contributed by atoms with E-state index in [4.69, 9.17) is 0 Å². The molecule has 0 spiro atoms. The fraction of sp³-hybridized carbons (Fsp3) is 0.667. The molecule has 0 aromatic heterocycles. The molecule has 6 nitrogen and oxygen atoms in total. The largest absolute Gasteiger partial charge is 0.377 e. The number of nitro groups is 1. The first kappa shape index (κ1) is 18.3. The summed E-state index contributed by atoms with van der Waals surface area (Å²) in [6, 6.07) is 5.89. The Bertz CT molecular complexity index is 719. The first-order chi connectivity index (χ1) is 13.1. The van der Waals surface area contributed by atoms with Crippen LogP contribution in [0.4, 0.5) is 11.4 Å². The standard InChI is InChI=1S/C21H29N3O3/c1-2-14-3-8-17(9-4-14)23(18-10-11-18)21(25)15-5-12-19(22-16-6-7-16)20(13-15)24(26)27/h5,12-14,16-18,22H,2-4,6-11H2,1H3. The highest BCUT2D eigenvalue weighted by Crippen LogP contribution is 2.38. The van der Waals surface area contributed by atoms with Crippen LogP contribution in [0.5, 0.6) is 0 Å². The van der Waals surface area contributed by atoms with Crippen molar-refractivity contribution in [3.8, 4) is 0 Å². The third kappa shape index (κ3) is 4.09. The average Bonchev–Trinajstić information content (AvgIpc) is 3.58. The van der Waals surface area contributed by atoms with E-state index in [2.05, 4.69) is 17.1 Å². The van der Waals surface area contributed by atoms with Crippen molar-refractivity contribution in [2.75, 3.05) is 5.32 Å². The smallest absolute Gasteiger partial charge is 0.293 e. The number of nitrogens with one attached hydrogen (secondary N) is 1. The second-order valence-electron chi connectivity index (χ2n) is 8.43. The van der Waals surface area contributed by atoms with Crippen LogP contribution in [0.1, 0.15) is 75.1 Å². The van der Waals surface area contributed by atoms with Gasteiger partial charge in [-0.3, -0.25) is 14.9 Å². The van der Waals surface area contributed by atoms with Crippen LogP contribution in [0.25, 0.3) is 0 Å². The van der Waals surface area contributed by atoms with Crippen LogP contribution in [0.2, 0.25) is 0 Å². The molecule has 1 N–H and O–H groups in total. The van der Waals surface area contributed by atoms with Gasteiger partial charge >= 0.3 is 0 Å². The summed E-state index contributed by atoms with van der Waals surface area (Å²) in [6.45, 7) is 2.24. The maximum atomic E-state index is 13.3. The Kier molecular flexibility index (Phi) is 5.06. The molecule has 146 valence electrons. The molecule has 4 rings (SSSR count). The number of nitrogens with zero attached hydrogens (tertiary/aromatic N) is 2. The van der Waals surface area contributed by atoms with Gasteiger partial charge in [-0.05, 0) is 69.4 Å². The molecule has 0 bridgehead atoms. The van der Waals surface area contributed by atoms with Crippen LogP contribution >= 0.6 is 0 Å². The molecule has 3 aliphatic rings. The molecule has 0 unspecified atom stereocenters. The third-order valence-corrected chi connectivity index (χ3v) is 6.34. The number of anilines is 1. The van der Waals surface area contributed by atoms with E-state index in [9.17, 15) is 14.9 Å². The molecule has 0 aliphatic heterocycles. The SMILES string of the molecule is CCC1CCC(N(C(=O)c2ccc(NC3CC3)c([N+](=O)[O-])c2)C2CC2)CC1. The van der Waals surface area contributed by atoms with Crippen molar-refractivity contribution in [3.63, 3.8) is 0 Å². The predicted octanol–water partition coefficient (Wildman–Crippen LogP) is 4.74. The highest BCUT2D eigenvalue weighted by atomic mass is 16.6. The maximum Gasteiger partial charge on any atom is 0.293 e. The van der Waals surface area contributed by atoms with Crippen LogP contribution < -0.4 is 5.32 Å². The summed E-state index contributed by atoms with van der Waals surface area (Å²) in [7, 11) is 0. The summed E-state index contributed by atoms with van der Waals surface area (Å²) in [4.78, 5) is 26.5. The lowest BCUT2D eigenvalue weighted by atomic mass is 9.83. The Morgan fingerprint density at radius 1 is 1.11 bits per heavy atom. The Labute approximate surface area is 160 Å². The van der Waals surface area contributed by atoms with Gasteiger partial charge in [0, 0.05) is 29.8 Å². The molecule has 0 atom stereocenters. The molecule has 27 heavy (non-hydrogen) atoms. The van der Waals surface area contributed by atoms with Gasteiger partial charge in [-0.25, -0.2) is 0 Å². The molecule has 1 aromatic rings. The number of rotatable bonds is 7. The van der Waals surface area contributed by atoms with E-state index in [1.54, 1.807) is 12.1 Å². The molecule has 1 aromatic carbocycles. The molecule has 0 saturated heterocycles. The minimum Gasteiger partial charge on any atom is -0.377 e. The van der Waals surface area contributed by atoms with E-state index in [0.29, 0.717) is 23.3 Å². The van der Waals surface area contributed by atoms with Gasteiger partial charge in [0.15, 0.2) is 0 Å². The molecule has 6 heteroatoms. The fourth-order valence-electron chi connectivity index (χ4n) is 4.35. The van der Waals surface area contributed by atoms with Gasteiger partial charge in [-0.2, -0.15) is 0 Å². The van der Waals surface area contributed by atoms with Crippen molar-refractivity contribution >= 4 is 17.3 Å². The zero-order chi connectivity index (χ0) is 19.0. The highest BCUT2D eigenvalue weighted by Gasteiger charge is 2.39. The van der Waals surface area contributed by atoms with Gasteiger partial charge in [-0.15, -0.1) is 0 Å². The number of hydrogen-bond acceptors (Lipinski definition) is 4. The molecule has 3 saturated carbocycles. The number of nitro benzene ring substituents is 1. The van der Waals surface area contributed by atoms with E-state index < -0.39 is 0 Å². The topological polar surface area (TPSA) is 75.5 Å². The number of hydrogen-bond donors (Lipinski definition) is 1. The van der Waals surface area contributed by atoms with Gasteiger partial charge < -0.3 is 10.2 Å². The Morgan fingerprint density at radius 2 is 1.74 bits per heavy atom. The number of carbonyl (C=O) groups excluding carboxylic acids is 1. The zero-order valence-electron chi connectivity index (χ0n) is 16.0. The van der Waals surface area contributed by atoms with Crippen molar-refractivity contribution in [1.82, 2.24) is 4.90 Å². The van der Waals surface area contributed by atoms with Crippen molar-refractivity contribution in [1.29, 1.82) is 0 Å². The van der Waals surface area contributed by atoms with E-state index in [1.807, 2.05) is 0 Å². The lowest BCUT2D eigenvalue weighted by molar-refractivity contribution is -0.384. The summed E-state index contributed by atoms with van der Waals surface area (Å²) in [5, 5.41) is 14.7. The van der Waals surface area contributed by atoms with E-state index >= 15 is 0 Å². The molecule has 0 radical (unpaired) electrons. The summed E-state index contributed by atoms with van der Waals surface area (Å²) < 4.78 is 0. The van der Waals surface area contributed by atoms with Gasteiger partial charge in [0.1, 0.15) is 5.69 Å². The molecular formula is C21H29N3O3. The molecular weight excluding hydrogens is 342 g/mol. The lowest BCUT2D eigenvalue weighted by Crippen LogP contribution is -2.43. The first-order valence-electron chi connectivity index (χ1n) is 10.4. The minimum absolute atomic E-state index is 0.0122. The van der Waals surface area contributed by atoms with Crippen LogP contribution in [-0.2, 0) is 0 Å². The van der Waals surface area contributed by atoms with E-state index in [0.717, 1.165) is 44.4 Å². The van der Waals surface area contributed by atoms with Crippen molar-refractivity contribution in [3.05, 3.63) is 33.9 Å². The third-order valence-electron chi connectivity index (χ3n) is 6.34. The van der Waals surface area contributed by atoms with Crippen LogP contribution in [-0.4, -0.2) is 33.9 Å². The Balaban J connectivity index is 1.54.